The highest BCUT2D eigenvalue weighted by atomic mass is 35.5. The molecule has 4 nitrogen and oxygen atoms in total. The van der Waals surface area contributed by atoms with Crippen molar-refractivity contribution in [1.82, 2.24) is 5.32 Å². The Hall–Kier alpha value is -1.26. The molecule has 0 heterocycles. The number of benzene rings is 1. The summed E-state index contributed by atoms with van der Waals surface area (Å²) in [5.74, 6) is 6.70. The minimum absolute atomic E-state index is 0.0840. The maximum Gasteiger partial charge on any atom is 0.253 e. The van der Waals surface area contributed by atoms with Crippen LogP contribution >= 0.6 is 11.6 Å². The lowest BCUT2D eigenvalue weighted by atomic mass is 10.1. The molecule has 1 amide bonds. The van der Waals surface area contributed by atoms with E-state index in [1.54, 1.807) is 18.2 Å². The Kier molecular flexibility index (Phi) is 3.37. The van der Waals surface area contributed by atoms with Gasteiger partial charge in [-0.1, -0.05) is 11.6 Å². The first-order valence-electron chi connectivity index (χ1n) is 6.76. The summed E-state index contributed by atoms with van der Waals surface area (Å²) in [5, 5.41) is 3.71. The summed E-state index contributed by atoms with van der Waals surface area (Å²) >= 11 is 5.96. The SMILES string of the molecule is NNc1ccc(Cl)cc1C(=O)NC(C1CC1)C1CC1. The van der Waals surface area contributed by atoms with Crippen molar-refractivity contribution in [1.29, 1.82) is 0 Å². The predicted molar refractivity (Wildman–Crippen MR) is 76.0 cm³/mol. The molecule has 1 aromatic carbocycles. The highest BCUT2D eigenvalue weighted by molar-refractivity contribution is 6.31. The van der Waals surface area contributed by atoms with Gasteiger partial charge in [-0.2, -0.15) is 0 Å². The van der Waals surface area contributed by atoms with Gasteiger partial charge in [-0.05, 0) is 55.7 Å². The smallest absolute Gasteiger partial charge is 0.253 e. The first-order valence-corrected chi connectivity index (χ1v) is 7.14. The molecule has 0 saturated heterocycles. The normalized spacial score (nSPS) is 18.5. The molecule has 0 unspecified atom stereocenters. The van der Waals surface area contributed by atoms with Gasteiger partial charge < -0.3 is 10.7 Å². The second-order valence-electron chi connectivity index (χ2n) is 5.51. The summed E-state index contributed by atoms with van der Waals surface area (Å²) in [7, 11) is 0. The standard InChI is InChI=1S/C14H18ClN3O/c15-10-5-6-12(18-16)11(7-10)14(19)17-13(8-1-2-8)9-3-4-9/h5-9,13,18H,1-4,16H2,(H,17,19). The summed E-state index contributed by atoms with van der Waals surface area (Å²) in [5.41, 5.74) is 3.67. The van der Waals surface area contributed by atoms with E-state index >= 15 is 0 Å². The van der Waals surface area contributed by atoms with Crippen LogP contribution in [0.1, 0.15) is 36.0 Å². The molecule has 2 aliphatic carbocycles. The van der Waals surface area contributed by atoms with Crippen LogP contribution in [-0.2, 0) is 0 Å². The fourth-order valence-corrected chi connectivity index (χ4v) is 2.76. The van der Waals surface area contributed by atoms with Crippen LogP contribution in [0.4, 0.5) is 5.69 Å². The highest BCUT2D eigenvalue weighted by Gasteiger charge is 2.42. The molecule has 0 radical (unpaired) electrons. The number of hydrogen-bond acceptors (Lipinski definition) is 3. The molecule has 102 valence electrons. The van der Waals surface area contributed by atoms with Crippen molar-refractivity contribution < 1.29 is 4.79 Å². The number of amides is 1. The third kappa shape index (κ3) is 2.85. The van der Waals surface area contributed by atoms with Crippen molar-refractivity contribution in [2.45, 2.75) is 31.7 Å². The van der Waals surface area contributed by atoms with Gasteiger partial charge in [0, 0.05) is 11.1 Å². The first-order chi connectivity index (χ1) is 9.19. The fraction of sp³-hybridized carbons (Fsp3) is 0.500. The van der Waals surface area contributed by atoms with Crippen molar-refractivity contribution in [3.63, 3.8) is 0 Å². The number of anilines is 1. The van der Waals surface area contributed by atoms with Gasteiger partial charge in [-0.15, -0.1) is 0 Å². The summed E-state index contributed by atoms with van der Waals surface area (Å²) in [6.45, 7) is 0. The molecular formula is C14H18ClN3O. The highest BCUT2D eigenvalue weighted by Crippen LogP contribution is 2.44. The zero-order valence-electron chi connectivity index (χ0n) is 10.7. The van der Waals surface area contributed by atoms with Gasteiger partial charge in [0.2, 0.25) is 0 Å². The van der Waals surface area contributed by atoms with E-state index in [-0.39, 0.29) is 5.91 Å². The lowest BCUT2D eigenvalue weighted by molar-refractivity contribution is 0.0927. The number of hydrogen-bond donors (Lipinski definition) is 3. The Morgan fingerprint density at radius 1 is 1.26 bits per heavy atom. The Bertz CT molecular complexity index is 485. The third-order valence-electron chi connectivity index (χ3n) is 3.94. The fourth-order valence-electron chi connectivity index (χ4n) is 2.59. The van der Waals surface area contributed by atoms with E-state index in [0.717, 1.165) is 0 Å². The van der Waals surface area contributed by atoms with Gasteiger partial charge in [-0.3, -0.25) is 10.6 Å². The summed E-state index contributed by atoms with van der Waals surface area (Å²) in [4.78, 5) is 12.4. The van der Waals surface area contributed by atoms with Gasteiger partial charge in [0.25, 0.3) is 5.91 Å². The maximum absolute atomic E-state index is 12.4. The molecule has 19 heavy (non-hydrogen) atoms. The number of halogens is 1. The Balaban J connectivity index is 1.77. The molecule has 0 spiro atoms. The summed E-state index contributed by atoms with van der Waals surface area (Å²) < 4.78 is 0. The van der Waals surface area contributed by atoms with Gasteiger partial charge in [0.1, 0.15) is 0 Å². The predicted octanol–water partition coefficient (Wildman–Crippen LogP) is 2.54. The quantitative estimate of drug-likeness (QED) is 0.573. The number of carbonyl (C=O) groups excluding carboxylic acids is 1. The molecule has 0 bridgehead atoms. The van der Waals surface area contributed by atoms with Gasteiger partial charge in [0.05, 0.1) is 11.3 Å². The van der Waals surface area contributed by atoms with E-state index < -0.39 is 0 Å². The van der Waals surface area contributed by atoms with Crippen LogP contribution in [0.3, 0.4) is 0 Å². The number of carbonyl (C=O) groups is 1. The lowest BCUT2D eigenvalue weighted by Gasteiger charge is -2.19. The van der Waals surface area contributed by atoms with Crippen LogP contribution in [0.15, 0.2) is 18.2 Å². The molecular weight excluding hydrogens is 262 g/mol. The second kappa shape index (κ2) is 5.02. The minimum Gasteiger partial charge on any atom is -0.349 e. The molecule has 0 aromatic heterocycles. The number of nitrogens with two attached hydrogens (primary N) is 1. The molecule has 0 atom stereocenters. The van der Waals surface area contributed by atoms with E-state index in [1.165, 1.54) is 25.7 Å². The van der Waals surface area contributed by atoms with Crippen molar-refractivity contribution in [2.75, 3.05) is 5.43 Å². The van der Waals surface area contributed by atoms with Crippen LogP contribution < -0.4 is 16.6 Å². The van der Waals surface area contributed by atoms with Crippen molar-refractivity contribution in [3.8, 4) is 0 Å². The maximum atomic E-state index is 12.4. The minimum atomic E-state index is -0.0840. The Morgan fingerprint density at radius 3 is 2.42 bits per heavy atom. The van der Waals surface area contributed by atoms with E-state index in [9.17, 15) is 4.79 Å². The zero-order valence-corrected chi connectivity index (χ0v) is 11.4. The molecule has 1 aromatic rings. The molecule has 2 saturated carbocycles. The van der Waals surface area contributed by atoms with Crippen molar-refractivity contribution in [2.24, 2.45) is 17.7 Å². The number of hydrazine groups is 1. The number of rotatable bonds is 5. The summed E-state index contributed by atoms with van der Waals surface area (Å²) in [6.07, 6.45) is 4.94. The van der Waals surface area contributed by atoms with Crippen LogP contribution in [0.5, 0.6) is 0 Å². The molecule has 2 aliphatic rings. The van der Waals surface area contributed by atoms with Crippen molar-refractivity contribution in [3.05, 3.63) is 28.8 Å². The lowest BCUT2D eigenvalue weighted by Crippen LogP contribution is -2.38. The molecule has 4 N–H and O–H groups in total. The monoisotopic (exact) mass is 279 g/mol. The van der Waals surface area contributed by atoms with Gasteiger partial charge in [-0.25, -0.2) is 0 Å². The van der Waals surface area contributed by atoms with Crippen LogP contribution in [0, 0.1) is 11.8 Å². The number of nitrogens with one attached hydrogen (secondary N) is 2. The molecule has 3 rings (SSSR count). The summed E-state index contributed by atoms with van der Waals surface area (Å²) in [6, 6.07) is 5.42. The Labute approximate surface area is 117 Å². The van der Waals surface area contributed by atoms with Crippen LogP contribution in [0.2, 0.25) is 5.02 Å². The van der Waals surface area contributed by atoms with E-state index in [4.69, 9.17) is 17.4 Å². The van der Waals surface area contributed by atoms with Crippen molar-refractivity contribution >= 4 is 23.2 Å². The Morgan fingerprint density at radius 2 is 1.89 bits per heavy atom. The van der Waals surface area contributed by atoms with Gasteiger partial charge in [0.15, 0.2) is 0 Å². The van der Waals surface area contributed by atoms with Gasteiger partial charge >= 0.3 is 0 Å². The van der Waals surface area contributed by atoms with E-state index in [1.807, 2.05) is 0 Å². The zero-order chi connectivity index (χ0) is 13.4. The van der Waals surface area contributed by atoms with E-state index in [2.05, 4.69) is 10.7 Å². The molecule has 5 heteroatoms. The average molecular weight is 280 g/mol. The third-order valence-corrected chi connectivity index (χ3v) is 4.17. The second-order valence-corrected chi connectivity index (χ2v) is 5.94. The number of nitrogen functional groups attached to an aromatic ring is 1. The largest absolute Gasteiger partial charge is 0.349 e. The topological polar surface area (TPSA) is 67.1 Å². The first kappa shape index (κ1) is 12.8. The van der Waals surface area contributed by atoms with Crippen LogP contribution in [0.25, 0.3) is 0 Å². The van der Waals surface area contributed by atoms with Crippen LogP contribution in [-0.4, -0.2) is 11.9 Å². The average Bonchev–Trinajstić information content (AvgIpc) is 3.29. The molecule has 2 fully saturated rings. The molecule has 0 aliphatic heterocycles. The van der Waals surface area contributed by atoms with E-state index in [0.29, 0.717) is 34.2 Å².